The van der Waals surface area contributed by atoms with Gasteiger partial charge >= 0.3 is 0 Å². The third kappa shape index (κ3) is 4.30. The summed E-state index contributed by atoms with van der Waals surface area (Å²) >= 11 is 7.16. The largest absolute Gasteiger partial charge is 0.493 e. The maximum atomic E-state index is 11.6. The summed E-state index contributed by atoms with van der Waals surface area (Å²) in [6.07, 6.45) is 1.27. The molecule has 0 spiro atoms. The van der Waals surface area contributed by atoms with E-state index >= 15 is 0 Å². The van der Waals surface area contributed by atoms with Crippen LogP contribution in [0.1, 0.15) is 11.1 Å². The molecule has 0 radical (unpaired) electrons. The summed E-state index contributed by atoms with van der Waals surface area (Å²) in [6.45, 7) is 0.540. The van der Waals surface area contributed by atoms with Crippen LogP contribution in [0.2, 0.25) is 5.02 Å². The molecule has 1 heterocycles. The van der Waals surface area contributed by atoms with Crippen molar-refractivity contribution >= 4 is 34.5 Å². The first-order valence-electron chi connectivity index (χ1n) is 7.58. The van der Waals surface area contributed by atoms with Crippen molar-refractivity contribution in [3.8, 4) is 5.75 Å². The van der Waals surface area contributed by atoms with Gasteiger partial charge in [-0.05, 0) is 35.7 Å². The Morgan fingerprint density at radius 3 is 2.50 bits per heavy atom. The summed E-state index contributed by atoms with van der Waals surface area (Å²) in [7, 11) is 0. The smallest absolute Gasteiger partial charge is 0.286 e. The molecule has 1 fully saturated rings. The minimum atomic E-state index is -0.343. The zero-order valence-electron chi connectivity index (χ0n) is 12.8. The molecule has 0 bridgehead atoms. The van der Waals surface area contributed by atoms with Crippen LogP contribution < -0.4 is 10.1 Å². The number of nitrogens with one attached hydrogen (secondary N) is 1. The molecule has 2 amide bonds. The molecule has 3 rings (SSSR count). The Balaban J connectivity index is 1.50. The van der Waals surface area contributed by atoms with Crippen LogP contribution in [0.25, 0.3) is 0 Å². The predicted octanol–water partition coefficient (Wildman–Crippen LogP) is 3.86. The van der Waals surface area contributed by atoms with E-state index in [1.54, 1.807) is 0 Å². The summed E-state index contributed by atoms with van der Waals surface area (Å²) < 4.78 is 5.73. The van der Waals surface area contributed by atoms with Gasteiger partial charge < -0.3 is 4.74 Å². The highest BCUT2D eigenvalue weighted by atomic mass is 35.5. The van der Waals surface area contributed by atoms with E-state index in [1.165, 1.54) is 0 Å². The number of ether oxygens (including phenoxy) is 1. The van der Waals surface area contributed by atoms with Gasteiger partial charge in [-0.25, -0.2) is 0 Å². The van der Waals surface area contributed by atoms with Gasteiger partial charge in [0.25, 0.3) is 5.24 Å². The second kappa shape index (κ2) is 7.73. The van der Waals surface area contributed by atoms with Crippen LogP contribution in [0, 0.1) is 0 Å². The van der Waals surface area contributed by atoms with Crippen LogP contribution in [0.5, 0.6) is 5.75 Å². The molecule has 1 saturated heterocycles. The Kier molecular flexibility index (Phi) is 5.43. The third-order valence-corrected chi connectivity index (χ3v) is 5.06. The number of hydrogen-bond donors (Lipinski definition) is 1. The lowest BCUT2D eigenvalue weighted by atomic mass is 10.1. The van der Waals surface area contributed by atoms with Crippen LogP contribution in [0.15, 0.2) is 48.5 Å². The number of imide groups is 1. The van der Waals surface area contributed by atoms with Crippen LogP contribution in [-0.2, 0) is 17.6 Å². The van der Waals surface area contributed by atoms with Gasteiger partial charge in [0, 0.05) is 11.4 Å². The Morgan fingerprint density at radius 2 is 1.83 bits per heavy atom. The van der Waals surface area contributed by atoms with E-state index in [1.807, 2.05) is 48.5 Å². The summed E-state index contributed by atoms with van der Waals surface area (Å²) in [6, 6.07) is 15.3. The number of carbonyl (C=O) groups excluding carboxylic acids is 2. The van der Waals surface area contributed by atoms with Crippen molar-refractivity contribution in [2.45, 2.75) is 18.1 Å². The summed E-state index contributed by atoms with van der Waals surface area (Å²) in [4.78, 5) is 22.7. The summed E-state index contributed by atoms with van der Waals surface area (Å²) in [5, 5.41) is 2.43. The van der Waals surface area contributed by atoms with Crippen molar-refractivity contribution in [3.63, 3.8) is 0 Å². The molecule has 1 unspecified atom stereocenters. The van der Waals surface area contributed by atoms with E-state index in [9.17, 15) is 9.59 Å². The van der Waals surface area contributed by atoms with Gasteiger partial charge in [-0.1, -0.05) is 53.7 Å². The Morgan fingerprint density at radius 1 is 1.08 bits per heavy atom. The van der Waals surface area contributed by atoms with E-state index in [0.717, 1.165) is 40.1 Å². The predicted molar refractivity (Wildman–Crippen MR) is 95.7 cm³/mol. The molecular formula is C18H16ClNO3S. The van der Waals surface area contributed by atoms with Gasteiger partial charge in [0.05, 0.1) is 11.9 Å². The van der Waals surface area contributed by atoms with Crippen molar-refractivity contribution in [1.29, 1.82) is 0 Å². The molecule has 2 aromatic rings. The van der Waals surface area contributed by atoms with Crippen molar-refractivity contribution in [1.82, 2.24) is 5.32 Å². The fourth-order valence-corrected chi connectivity index (χ4v) is 3.53. The van der Waals surface area contributed by atoms with Crippen LogP contribution in [0.4, 0.5) is 4.79 Å². The number of rotatable bonds is 6. The van der Waals surface area contributed by atoms with Crippen molar-refractivity contribution in [3.05, 3.63) is 64.7 Å². The van der Waals surface area contributed by atoms with Gasteiger partial charge in [-0.2, -0.15) is 0 Å². The van der Waals surface area contributed by atoms with Gasteiger partial charge in [0.2, 0.25) is 5.91 Å². The molecule has 0 aromatic heterocycles. The minimum absolute atomic E-state index is 0.218. The van der Waals surface area contributed by atoms with E-state index in [-0.39, 0.29) is 16.4 Å². The fraction of sp³-hybridized carbons (Fsp3) is 0.222. The molecule has 2 aromatic carbocycles. The molecule has 1 atom stereocenters. The molecular weight excluding hydrogens is 346 g/mol. The van der Waals surface area contributed by atoms with Crippen LogP contribution >= 0.6 is 23.4 Å². The molecule has 4 nitrogen and oxygen atoms in total. The normalized spacial score (nSPS) is 17.0. The molecule has 1 N–H and O–H groups in total. The van der Waals surface area contributed by atoms with Crippen LogP contribution in [-0.4, -0.2) is 23.0 Å². The number of amides is 2. The first-order valence-corrected chi connectivity index (χ1v) is 8.84. The lowest BCUT2D eigenvalue weighted by Crippen LogP contribution is -2.25. The van der Waals surface area contributed by atoms with E-state index < -0.39 is 0 Å². The lowest BCUT2D eigenvalue weighted by Gasteiger charge is -2.09. The molecule has 1 aliphatic heterocycles. The first-order chi connectivity index (χ1) is 11.6. The number of thioether (sulfide) groups is 1. The fourth-order valence-electron chi connectivity index (χ4n) is 2.44. The maximum Gasteiger partial charge on any atom is 0.286 e. The second-order valence-electron chi connectivity index (χ2n) is 5.42. The Bertz CT molecular complexity index is 748. The number of carbonyl (C=O) groups is 2. The minimum Gasteiger partial charge on any atom is -0.493 e. The molecule has 0 aliphatic carbocycles. The molecule has 0 saturated carbocycles. The average Bonchev–Trinajstić information content (AvgIpc) is 2.88. The van der Waals surface area contributed by atoms with Gasteiger partial charge in [-0.15, -0.1) is 0 Å². The van der Waals surface area contributed by atoms with Crippen LogP contribution in [0.3, 0.4) is 0 Å². The zero-order chi connectivity index (χ0) is 16.9. The average molecular weight is 362 g/mol. The highest BCUT2D eigenvalue weighted by Gasteiger charge is 2.31. The van der Waals surface area contributed by atoms with Crippen molar-refractivity contribution in [2.24, 2.45) is 0 Å². The first kappa shape index (κ1) is 16.9. The van der Waals surface area contributed by atoms with Gasteiger partial charge in [0.1, 0.15) is 5.75 Å². The maximum absolute atomic E-state index is 11.6. The molecule has 24 heavy (non-hydrogen) atoms. The third-order valence-electron chi connectivity index (χ3n) is 3.71. The summed E-state index contributed by atoms with van der Waals surface area (Å²) in [5.74, 6) is 0.551. The second-order valence-corrected chi connectivity index (χ2v) is 7.00. The molecule has 6 heteroatoms. The SMILES string of the molecule is O=C1NC(=O)C(Cc2ccc(OCCc3ccccc3Cl)cc2)S1. The van der Waals surface area contributed by atoms with E-state index in [4.69, 9.17) is 16.3 Å². The zero-order valence-corrected chi connectivity index (χ0v) is 14.4. The van der Waals surface area contributed by atoms with E-state index in [2.05, 4.69) is 5.32 Å². The van der Waals surface area contributed by atoms with E-state index in [0.29, 0.717) is 13.0 Å². The van der Waals surface area contributed by atoms with Crippen molar-refractivity contribution in [2.75, 3.05) is 6.61 Å². The van der Waals surface area contributed by atoms with Gasteiger partial charge in [-0.3, -0.25) is 14.9 Å². The Hall–Kier alpha value is -1.98. The highest BCUT2D eigenvalue weighted by Crippen LogP contribution is 2.24. The quantitative estimate of drug-likeness (QED) is 0.848. The Labute approximate surface area is 149 Å². The van der Waals surface area contributed by atoms with Crippen molar-refractivity contribution < 1.29 is 14.3 Å². The molecule has 1 aliphatic rings. The topological polar surface area (TPSA) is 55.4 Å². The standard InChI is InChI=1S/C18H16ClNO3S/c19-15-4-2-1-3-13(15)9-10-23-14-7-5-12(6-8-14)11-16-17(21)20-18(22)24-16/h1-8,16H,9-11H2,(H,20,21,22). The number of halogens is 1. The number of benzene rings is 2. The lowest BCUT2D eigenvalue weighted by molar-refractivity contribution is -0.118. The number of hydrogen-bond acceptors (Lipinski definition) is 4. The molecule has 124 valence electrons. The monoisotopic (exact) mass is 361 g/mol. The summed E-state index contributed by atoms with van der Waals surface area (Å²) in [5.41, 5.74) is 2.06. The van der Waals surface area contributed by atoms with Gasteiger partial charge in [0.15, 0.2) is 0 Å². The highest BCUT2D eigenvalue weighted by molar-refractivity contribution is 8.15.